The number of rotatable bonds is 4. The second-order valence-electron chi connectivity index (χ2n) is 4.49. The van der Waals surface area contributed by atoms with Crippen LogP contribution in [0.5, 0.6) is 0 Å². The fourth-order valence-electron chi connectivity index (χ4n) is 2.04. The summed E-state index contributed by atoms with van der Waals surface area (Å²) < 4.78 is 2.77. The summed E-state index contributed by atoms with van der Waals surface area (Å²) in [5.74, 6) is 0.948. The van der Waals surface area contributed by atoms with Crippen LogP contribution in [0.2, 0.25) is 5.15 Å². The first kappa shape index (κ1) is 14.6. The number of nitrogens with zero attached hydrogens (tertiary/aromatic N) is 3. The van der Waals surface area contributed by atoms with Crippen LogP contribution in [0, 0.1) is 0 Å². The third-order valence-electron chi connectivity index (χ3n) is 3.05. The molecule has 0 bridgehead atoms. The van der Waals surface area contributed by atoms with Gasteiger partial charge in [-0.15, -0.1) is 11.3 Å². The summed E-state index contributed by atoms with van der Waals surface area (Å²) in [5, 5.41) is 5.98. The first-order valence-corrected chi connectivity index (χ1v) is 8.28. The average molecular weight is 384 g/mol. The van der Waals surface area contributed by atoms with Crippen LogP contribution >= 0.6 is 38.9 Å². The van der Waals surface area contributed by atoms with Crippen molar-refractivity contribution < 1.29 is 0 Å². The van der Waals surface area contributed by atoms with Crippen LogP contribution in [0.1, 0.15) is 16.7 Å². The van der Waals surface area contributed by atoms with E-state index in [1.54, 1.807) is 23.7 Å². The third kappa shape index (κ3) is 3.12. The van der Waals surface area contributed by atoms with E-state index >= 15 is 0 Å². The summed E-state index contributed by atoms with van der Waals surface area (Å²) in [5.41, 5.74) is 0.882. The Morgan fingerprint density at radius 1 is 1.43 bits per heavy atom. The highest BCUT2D eigenvalue weighted by Crippen LogP contribution is 2.30. The van der Waals surface area contributed by atoms with Crippen LogP contribution in [0.25, 0.3) is 0 Å². The molecule has 0 fully saturated rings. The van der Waals surface area contributed by atoms with Gasteiger partial charge < -0.3 is 9.88 Å². The highest BCUT2D eigenvalue weighted by Gasteiger charge is 2.19. The fourth-order valence-corrected chi connectivity index (χ4v) is 3.26. The zero-order valence-corrected chi connectivity index (χ0v) is 14.3. The Morgan fingerprint density at radius 3 is 2.90 bits per heavy atom. The number of aryl methyl sites for hydroxylation is 1. The maximum atomic E-state index is 5.94. The highest BCUT2D eigenvalue weighted by molar-refractivity contribution is 9.10. The van der Waals surface area contributed by atoms with Gasteiger partial charge in [-0.1, -0.05) is 17.7 Å². The van der Waals surface area contributed by atoms with Crippen LogP contribution in [-0.4, -0.2) is 14.5 Å². The first-order chi connectivity index (χ1) is 10.1. The van der Waals surface area contributed by atoms with E-state index in [-0.39, 0.29) is 6.04 Å². The molecule has 1 N–H and O–H groups in total. The fraction of sp³-hybridized carbons (Fsp3) is 0.143. The van der Waals surface area contributed by atoms with Gasteiger partial charge in [-0.25, -0.2) is 9.97 Å². The Labute approximate surface area is 139 Å². The lowest BCUT2D eigenvalue weighted by atomic mass is 10.2. The van der Waals surface area contributed by atoms with E-state index in [2.05, 4.69) is 42.7 Å². The molecule has 0 saturated carbocycles. The number of thiophene rings is 1. The number of hydrogen-bond donors (Lipinski definition) is 1. The molecule has 4 nitrogen and oxygen atoms in total. The van der Waals surface area contributed by atoms with Crippen molar-refractivity contribution in [2.24, 2.45) is 7.05 Å². The standard InChI is InChI=1S/C14H12BrClN4S/c1-20-5-4-17-14(20)12(11-3-2-6-21-11)19-9-7-10(15)13(16)18-8-9/h2-8,12,19H,1H3. The quantitative estimate of drug-likeness (QED) is 0.675. The lowest BCUT2D eigenvalue weighted by molar-refractivity contribution is 0.756. The molecule has 3 heterocycles. The van der Waals surface area contributed by atoms with E-state index < -0.39 is 0 Å². The van der Waals surface area contributed by atoms with E-state index in [0.29, 0.717) is 5.15 Å². The van der Waals surface area contributed by atoms with E-state index in [1.165, 1.54) is 4.88 Å². The molecular weight excluding hydrogens is 372 g/mol. The second kappa shape index (κ2) is 6.17. The third-order valence-corrected chi connectivity index (χ3v) is 5.12. The van der Waals surface area contributed by atoms with Crippen molar-refractivity contribution in [2.45, 2.75) is 6.04 Å². The molecule has 3 aromatic heterocycles. The summed E-state index contributed by atoms with van der Waals surface area (Å²) in [6.07, 6.45) is 5.46. The highest BCUT2D eigenvalue weighted by atomic mass is 79.9. The molecule has 0 saturated heterocycles. The van der Waals surface area contributed by atoms with Crippen molar-refractivity contribution in [2.75, 3.05) is 5.32 Å². The summed E-state index contributed by atoms with van der Waals surface area (Å²) in [4.78, 5) is 9.80. The van der Waals surface area contributed by atoms with Crippen molar-refractivity contribution in [1.29, 1.82) is 0 Å². The van der Waals surface area contributed by atoms with Gasteiger partial charge in [0.05, 0.1) is 16.4 Å². The summed E-state index contributed by atoms with van der Waals surface area (Å²) in [6.45, 7) is 0. The minimum Gasteiger partial charge on any atom is -0.370 e. The van der Waals surface area contributed by atoms with Gasteiger partial charge in [0.25, 0.3) is 0 Å². The molecule has 21 heavy (non-hydrogen) atoms. The van der Waals surface area contributed by atoms with Crippen LogP contribution in [0.15, 0.2) is 46.6 Å². The monoisotopic (exact) mass is 382 g/mol. The second-order valence-corrected chi connectivity index (χ2v) is 6.68. The van der Waals surface area contributed by atoms with Gasteiger partial charge in [0, 0.05) is 24.3 Å². The maximum Gasteiger partial charge on any atom is 0.143 e. The summed E-state index contributed by atoms with van der Waals surface area (Å²) in [6, 6.07) is 6.02. The minimum absolute atomic E-state index is 0.0279. The van der Waals surface area contributed by atoms with E-state index in [4.69, 9.17) is 11.6 Å². The van der Waals surface area contributed by atoms with Gasteiger partial charge >= 0.3 is 0 Å². The Kier molecular flexibility index (Phi) is 4.28. The van der Waals surface area contributed by atoms with Crippen LogP contribution in [0.4, 0.5) is 5.69 Å². The Bertz CT molecular complexity index is 741. The molecule has 0 radical (unpaired) electrons. The normalized spacial score (nSPS) is 12.3. The number of anilines is 1. The maximum absolute atomic E-state index is 5.94. The number of pyridine rings is 1. The van der Waals surface area contributed by atoms with E-state index in [1.807, 2.05) is 29.9 Å². The predicted molar refractivity (Wildman–Crippen MR) is 89.9 cm³/mol. The van der Waals surface area contributed by atoms with Gasteiger partial charge in [0.1, 0.15) is 17.0 Å². The lowest BCUT2D eigenvalue weighted by Gasteiger charge is -2.18. The van der Waals surface area contributed by atoms with Crippen molar-refractivity contribution in [3.05, 3.63) is 62.5 Å². The number of aromatic nitrogens is 3. The van der Waals surface area contributed by atoms with Gasteiger partial charge in [-0.2, -0.15) is 0 Å². The van der Waals surface area contributed by atoms with E-state index in [0.717, 1.165) is 16.0 Å². The summed E-state index contributed by atoms with van der Waals surface area (Å²) >= 11 is 11.0. The molecule has 0 aliphatic carbocycles. The van der Waals surface area contributed by atoms with Crippen LogP contribution in [-0.2, 0) is 7.05 Å². The zero-order chi connectivity index (χ0) is 14.8. The molecule has 0 aromatic carbocycles. The largest absolute Gasteiger partial charge is 0.370 e. The Morgan fingerprint density at radius 2 is 2.29 bits per heavy atom. The van der Waals surface area contributed by atoms with Gasteiger partial charge in [0.15, 0.2) is 0 Å². The first-order valence-electron chi connectivity index (χ1n) is 6.23. The van der Waals surface area contributed by atoms with Gasteiger partial charge in [-0.05, 0) is 33.4 Å². The number of hydrogen-bond acceptors (Lipinski definition) is 4. The van der Waals surface area contributed by atoms with Gasteiger partial charge in [0.2, 0.25) is 0 Å². The minimum atomic E-state index is -0.0279. The van der Waals surface area contributed by atoms with Crippen LogP contribution < -0.4 is 5.32 Å². The number of nitrogens with one attached hydrogen (secondary N) is 1. The molecule has 0 amide bonds. The van der Waals surface area contributed by atoms with Crippen molar-refractivity contribution in [3.63, 3.8) is 0 Å². The zero-order valence-electron chi connectivity index (χ0n) is 11.1. The molecule has 3 rings (SSSR count). The van der Waals surface area contributed by atoms with Crippen molar-refractivity contribution in [3.8, 4) is 0 Å². The van der Waals surface area contributed by atoms with Crippen LogP contribution in [0.3, 0.4) is 0 Å². The number of halogens is 2. The van der Waals surface area contributed by atoms with Crippen molar-refractivity contribution in [1.82, 2.24) is 14.5 Å². The van der Waals surface area contributed by atoms with E-state index in [9.17, 15) is 0 Å². The van der Waals surface area contributed by atoms with Gasteiger partial charge in [-0.3, -0.25) is 0 Å². The molecule has 1 unspecified atom stereocenters. The molecule has 3 aromatic rings. The molecule has 0 aliphatic rings. The molecule has 108 valence electrons. The average Bonchev–Trinajstić information content (AvgIpc) is 3.12. The molecular formula is C14H12BrClN4S. The SMILES string of the molecule is Cn1ccnc1C(Nc1cnc(Cl)c(Br)c1)c1cccs1. The predicted octanol–water partition coefficient (Wildman–Crippen LogP) is 4.49. The molecule has 0 spiro atoms. The molecule has 7 heteroatoms. The summed E-state index contributed by atoms with van der Waals surface area (Å²) in [7, 11) is 1.99. The molecule has 1 atom stereocenters. The Hall–Kier alpha value is -1.37. The van der Waals surface area contributed by atoms with Crippen molar-refractivity contribution >= 4 is 44.6 Å². The smallest absolute Gasteiger partial charge is 0.143 e. The lowest BCUT2D eigenvalue weighted by Crippen LogP contribution is -2.15. The Balaban J connectivity index is 1.97. The molecule has 0 aliphatic heterocycles. The topological polar surface area (TPSA) is 42.7 Å². The number of imidazole rings is 1.